The highest BCUT2D eigenvalue weighted by molar-refractivity contribution is 5.93. The van der Waals surface area contributed by atoms with Gasteiger partial charge in [-0.1, -0.05) is 26.0 Å². The van der Waals surface area contributed by atoms with Gasteiger partial charge in [-0.25, -0.2) is 0 Å². The van der Waals surface area contributed by atoms with Crippen LogP contribution in [0.3, 0.4) is 0 Å². The fourth-order valence-electron chi connectivity index (χ4n) is 3.33. The van der Waals surface area contributed by atoms with Gasteiger partial charge in [-0.05, 0) is 56.7 Å². The van der Waals surface area contributed by atoms with Gasteiger partial charge in [-0.3, -0.25) is 4.79 Å². The second-order valence-corrected chi connectivity index (χ2v) is 6.77. The molecular formula is C18H29N2O+. The number of rotatable bonds is 4. The van der Waals surface area contributed by atoms with Gasteiger partial charge in [0.2, 0.25) is 0 Å². The van der Waals surface area contributed by atoms with E-state index in [4.69, 9.17) is 0 Å². The molecule has 1 aromatic carbocycles. The third-order valence-corrected chi connectivity index (χ3v) is 5.00. The molecule has 1 aliphatic carbocycles. The SMILES string of the molecule is Cc1cccc(NC(=O)[C@H](C)[NH2+][C@@H]2CCC[C@H](C)[C@@H]2C)c1. The van der Waals surface area contributed by atoms with Gasteiger partial charge >= 0.3 is 0 Å². The number of quaternary nitrogens is 1. The molecule has 0 saturated heterocycles. The Morgan fingerprint density at radius 1 is 1.33 bits per heavy atom. The van der Waals surface area contributed by atoms with Gasteiger partial charge in [-0.2, -0.15) is 0 Å². The van der Waals surface area contributed by atoms with Crippen molar-refractivity contribution in [2.45, 2.75) is 59.0 Å². The lowest BCUT2D eigenvalue weighted by atomic mass is 9.78. The first-order chi connectivity index (χ1) is 9.97. The number of anilines is 1. The number of amides is 1. The Hall–Kier alpha value is -1.35. The van der Waals surface area contributed by atoms with Crippen LogP contribution in [0.25, 0.3) is 0 Å². The topological polar surface area (TPSA) is 45.7 Å². The molecule has 1 fully saturated rings. The lowest BCUT2D eigenvalue weighted by Crippen LogP contribution is -2.97. The molecule has 116 valence electrons. The van der Waals surface area contributed by atoms with Crippen molar-refractivity contribution in [3.8, 4) is 0 Å². The summed E-state index contributed by atoms with van der Waals surface area (Å²) in [7, 11) is 0. The molecule has 3 N–H and O–H groups in total. The number of hydrogen-bond acceptors (Lipinski definition) is 1. The number of nitrogens with one attached hydrogen (secondary N) is 1. The van der Waals surface area contributed by atoms with Crippen molar-refractivity contribution >= 4 is 11.6 Å². The van der Waals surface area contributed by atoms with Crippen molar-refractivity contribution in [3.05, 3.63) is 29.8 Å². The molecule has 4 atom stereocenters. The summed E-state index contributed by atoms with van der Waals surface area (Å²) in [6, 6.07) is 8.51. The number of carbonyl (C=O) groups is 1. The van der Waals surface area contributed by atoms with Crippen LogP contribution >= 0.6 is 0 Å². The molecule has 1 amide bonds. The van der Waals surface area contributed by atoms with Gasteiger partial charge in [0.05, 0.1) is 6.04 Å². The first kappa shape index (κ1) is 16.0. The van der Waals surface area contributed by atoms with Crippen LogP contribution in [-0.4, -0.2) is 18.0 Å². The Labute approximate surface area is 128 Å². The first-order valence-electron chi connectivity index (χ1n) is 8.20. The van der Waals surface area contributed by atoms with Crippen molar-refractivity contribution in [1.29, 1.82) is 0 Å². The highest BCUT2D eigenvalue weighted by Gasteiger charge is 2.32. The molecule has 0 heterocycles. The molecule has 0 bridgehead atoms. The Morgan fingerprint density at radius 3 is 2.81 bits per heavy atom. The van der Waals surface area contributed by atoms with E-state index in [1.54, 1.807) is 0 Å². The zero-order valence-electron chi connectivity index (χ0n) is 13.7. The van der Waals surface area contributed by atoms with E-state index < -0.39 is 0 Å². The fourth-order valence-corrected chi connectivity index (χ4v) is 3.33. The summed E-state index contributed by atoms with van der Waals surface area (Å²) in [6.45, 7) is 8.71. The summed E-state index contributed by atoms with van der Waals surface area (Å²) < 4.78 is 0. The molecule has 1 aliphatic rings. The van der Waals surface area contributed by atoms with Gasteiger partial charge < -0.3 is 10.6 Å². The van der Waals surface area contributed by atoms with Crippen LogP contribution in [0.1, 0.15) is 45.6 Å². The summed E-state index contributed by atoms with van der Waals surface area (Å²) in [5, 5.41) is 5.30. The second-order valence-electron chi connectivity index (χ2n) is 6.77. The molecular weight excluding hydrogens is 260 g/mol. The lowest BCUT2D eigenvalue weighted by molar-refractivity contribution is -0.715. The van der Waals surface area contributed by atoms with Crippen molar-refractivity contribution in [1.82, 2.24) is 0 Å². The van der Waals surface area contributed by atoms with E-state index in [2.05, 4.69) is 24.5 Å². The van der Waals surface area contributed by atoms with Crippen LogP contribution in [0, 0.1) is 18.8 Å². The van der Waals surface area contributed by atoms with Gasteiger partial charge in [-0.15, -0.1) is 0 Å². The van der Waals surface area contributed by atoms with E-state index in [0.29, 0.717) is 12.0 Å². The molecule has 3 heteroatoms. The van der Waals surface area contributed by atoms with Gasteiger partial charge in [0.25, 0.3) is 5.91 Å². The number of benzene rings is 1. The molecule has 1 aromatic rings. The minimum Gasteiger partial charge on any atom is -0.334 e. The third-order valence-electron chi connectivity index (χ3n) is 5.00. The number of carbonyl (C=O) groups excluding carboxylic acids is 1. The standard InChI is InChI=1S/C18H28N2O/c1-12-7-5-9-16(11-12)20-18(21)15(4)19-17-10-6-8-13(2)14(17)3/h5,7,9,11,13-15,17,19H,6,8,10H2,1-4H3,(H,20,21)/p+1/t13-,14-,15-,17+/m0/s1. The monoisotopic (exact) mass is 289 g/mol. The average Bonchev–Trinajstić information content (AvgIpc) is 2.44. The molecule has 1 saturated carbocycles. The summed E-state index contributed by atoms with van der Waals surface area (Å²) in [6.07, 6.45) is 3.85. The van der Waals surface area contributed by atoms with Crippen LogP contribution in [0.5, 0.6) is 0 Å². The van der Waals surface area contributed by atoms with E-state index in [-0.39, 0.29) is 11.9 Å². The average molecular weight is 289 g/mol. The molecule has 0 aromatic heterocycles. The summed E-state index contributed by atoms with van der Waals surface area (Å²) in [5.74, 6) is 1.56. The smallest absolute Gasteiger partial charge is 0.282 e. The number of nitrogens with two attached hydrogens (primary N) is 1. The van der Waals surface area contributed by atoms with Crippen molar-refractivity contribution in [2.75, 3.05) is 5.32 Å². The Morgan fingerprint density at radius 2 is 2.10 bits per heavy atom. The van der Waals surface area contributed by atoms with Crippen LogP contribution in [0.4, 0.5) is 5.69 Å². The highest BCUT2D eigenvalue weighted by atomic mass is 16.2. The molecule has 0 unspecified atom stereocenters. The van der Waals surface area contributed by atoms with Crippen molar-refractivity contribution < 1.29 is 10.1 Å². The second kappa shape index (κ2) is 7.08. The number of aryl methyl sites for hydroxylation is 1. The maximum Gasteiger partial charge on any atom is 0.282 e. The summed E-state index contributed by atoms with van der Waals surface area (Å²) in [4.78, 5) is 12.3. The largest absolute Gasteiger partial charge is 0.334 e. The molecule has 0 aliphatic heterocycles. The number of hydrogen-bond donors (Lipinski definition) is 2. The van der Waals surface area contributed by atoms with Crippen LogP contribution in [0.15, 0.2) is 24.3 Å². The Bertz CT molecular complexity index is 486. The molecule has 2 rings (SSSR count). The summed E-state index contributed by atoms with van der Waals surface area (Å²) >= 11 is 0. The van der Waals surface area contributed by atoms with Gasteiger partial charge in [0.15, 0.2) is 6.04 Å². The van der Waals surface area contributed by atoms with Crippen LogP contribution < -0.4 is 10.6 Å². The predicted octanol–water partition coefficient (Wildman–Crippen LogP) is 2.71. The first-order valence-corrected chi connectivity index (χ1v) is 8.20. The molecule has 0 radical (unpaired) electrons. The van der Waals surface area contributed by atoms with E-state index in [1.807, 2.05) is 38.1 Å². The minimum atomic E-state index is -0.0386. The van der Waals surface area contributed by atoms with E-state index in [1.165, 1.54) is 24.8 Å². The lowest BCUT2D eigenvalue weighted by Gasteiger charge is -2.33. The maximum absolute atomic E-state index is 12.3. The van der Waals surface area contributed by atoms with Gasteiger partial charge in [0, 0.05) is 11.6 Å². The van der Waals surface area contributed by atoms with E-state index in [9.17, 15) is 4.79 Å². The van der Waals surface area contributed by atoms with Crippen molar-refractivity contribution in [3.63, 3.8) is 0 Å². The van der Waals surface area contributed by atoms with Gasteiger partial charge in [0.1, 0.15) is 0 Å². The van der Waals surface area contributed by atoms with E-state index >= 15 is 0 Å². The van der Waals surface area contributed by atoms with E-state index in [0.717, 1.165) is 11.6 Å². The van der Waals surface area contributed by atoms with Crippen molar-refractivity contribution in [2.24, 2.45) is 11.8 Å². The van der Waals surface area contributed by atoms with Crippen LogP contribution in [-0.2, 0) is 4.79 Å². The summed E-state index contributed by atoms with van der Waals surface area (Å²) in [5.41, 5.74) is 2.06. The molecule has 0 spiro atoms. The zero-order valence-corrected chi connectivity index (χ0v) is 13.7. The zero-order chi connectivity index (χ0) is 15.4. The normalized spacial score (nSPS) is 27.1. The fraction of sp³-hybridized carbons (Fsp3) is 0.611. The molecule has 21 heavy (non-hydrogen) atoms. The Balaban J connectivity index is 1.90. The van der Waals surface area contributed by atoms with Crippen LogP contribution in [0.2, 0.25) is 0 Å². The molecule has 3 nitrogen and oxygen atoms in total. The third kappa shape index (κ3) is 4.31. The predicted molar refractivity (Wildman–Crippen MR) is 87.2 cm³/mol. The Kier molecular flexibility index (Phi) is 5.40. The highest BCUT2D eigenvalue weighted by Crippen LogP contribution is 2.27. The quantitative estimate of drug-likeness (QED) is 0.879. The maximum atomic E-state index is 12.3. The minimum absolute atomic E-state index is 0.0386.